The molecule has 0 fully saturated rings. The Morgan fingerprint density at radius 1 is 1.00 bits per heavy atom. The van der Waals surface area contributed by atoms with Crippen molar-refractivity contribution in [3.8, 4) is 11.5 Å². The number of carbonyl (C=O) groups is 3. The minimum absolute atomic E-state index is 0.158. The molecular weight excluding hydrogens is 383 g/mol. The van der Waals surface area contributed by atoms with Crippen molar-refractivity contribution in [2.75, 3.05) is 39.7 Å². The van der Waals surface area contributed by atoms with Crippen LogP contribution in [0.4, 0.5) is 10.1 Å². The topological polar surface area (TPSA) is 94.2 Å². The molecule has 2 rings (SSSR count). The molecule has 0 aromatic heterocycles. The van der Waals surface area contributed by atoms with E-state index in [0.717, 1.165) is 4.90 Å². The van der Waals surface area contributed by atoms with Gasteiger partial charge in [-0.3, -0.25) is 9.59 Å². The lowest BCUT2D eigenvalue weighted by atomic mass is 10.2. The third-order valence-corrected chi connectivity index (χ3v) is 3.85. The molecule has 0 heterocycles. The number of methoxy groups -OCH3 is 2. The van der Waals surface area contributed by atoms with Crippen LogP contribution < -0.4 is 14.8 Å². The fourth-order valence-corrected chi connectivity index (χ4v) is 2.28. The first-order valence-corrected chi connectivity index (χ1v) is 8.52. The maximum absolute atomic E-state index is 12.9. The SMILES string of the molecule is COc1cc(OC)cc(C(=O)OCC(=O)N(C)CC(=O)Nc2ccc(F)cc2)c1. The van der Waals surface area contributed by atoms with Gasteiger partial charge < -0.3 is 24.4 Å². The maximum Gasteiger partial charge on any atom is 0.338 e. The number of nitrogens with zero attached hydrogens (tertiary/aromatic N) is 1. The maximum atomic E-state index is 12.9. The molecule has 154 valence electrons. The second kappa shape index (κ2) is 10.1. The van der Waals surface area contributed by atoms with Crippen LogP contribution in [0.1, 0.15) is 10.4 Å². The van der Waals surface area contributed by atoms with Gasteiger partial charge in [0.15, 0.2) is 6.61 Å². The highest BCUT2D eigenvalue weighted by Crippen LogP contribution is 2.23. The summed E-state index contributed by atoms with van der Waals surface area (Å²) in [6, 6.07) is 9.72. The number of hydrogen-bond donors (Lipinski definition) is 1. The third kappa shape index (κ3) is 6.49. The molecule has 0 aliphatic rings. The van der Waals surface area contributed by atoms with E-state index in [-0.39, 0.29) is 12.1 Å². The smallest absolute Gasteiger partial charge is 0.338 e. The molecule has 9 heteroatoms. The Labute approximate surface area is 167 Å². The summed E-state index contributed by atoms with van der Waals surface area (Å²) in [5.41, 5.74) is 0.557. The molecule has 2 amide bonds. The van der Waals surface area contributed by atoms with Crippen molar-refractivity contribution in [2.24, 2.45) is 0 Å². The number of halogens is 1. The van der Waals surface area contributed by atoms with E-state index >= 15 is 0 Å². The highest BCUT2D eigenvalue weighted by Gasteiger charge is 2.17. The van der Waals surface area contributed by atoms with E-state index in [2.05, 4.69) is 5.32 Å². The highest BCUT2D eigenvalue weighted by atomic mass is 19.1. The summed E-state index contributed by atoms with van der Waals surface area (Å²) in [5, 5.41) is 2.54. The Morgan fingerprint density at radius 2 is 1.59 bits per heavy atom. The van der Waals surface area contributed by atoms with E-state index in [1.807, 2.05) is 0 Å². The number of nitrogens with one attached hydrogen (secondary N) is 1. The predicted molar refractivity (Wildman–Crippen MR) is 102 cm³/mol. The Hall–Kier alpha value is -3.62. The molecule has 0 radical (unpaired) electrons. The fraction of sp³-hybridized carbons (Fsp3) is 0.250. The first kappa shape index (κ1) is 21.7. The summed E-state index contributed by atoms with van der Waals surface area (Å²) in [7, 11) is 4.29. The normalized spacial score (nSPS) is 10.1. The molecule has 0 aliphatic heterocycles. The van der Waals surface area contributed by atoms with Crippen LogP contribution in [0.15, 0.2) is 42.5 Å². The Kier molecular flexibility index (Phi) is 7.53. The number of amides is 2. The van der Waals surface area contributed by atoms with Gasteiger partial charge in [0.05, 0.1) is 26.3 Å². The van der Waals surface area contributed by atoms with Crippen LogP contribution in [0.3, 0.4) is 0 Å². The number of carbonyl (C=O) groups excluding carboxylic acids is 3. The molecule has 0 saturated carbocycles. The van der Waals surface area contributed by atoms with E-state index in [4.69, 9.17) is 14.2 Å². The van der Waals surface area contributed by atoms with Gasteiger partial charge in [0.25, 0.3) is 5.91 Å². The lowest BCUT2D eigenvalue weighted by molar-refractivity contribution is -0.136. The number of hydrogen-bond acceptors (Lipinski definition) is 6. The van der Waals surface area contributed by atoms with Gasteiger partial charge in [-0.15, -0.1) is 0 Å². The van der Waals surface area contributed by atoms with Crippen molar-refractivity contribution in [1.29, 1.82) is 0 Å². The molecule has 2 aromatic rings. The molecule has 29 heavy (non-hydrogen) atoms. The van der Waals surface area contributed by atoms with Crippen molar-refractivity contribution in [3.05, 3.63) is 53.8 Å². The van der Waals surface area contributed by atoms with Gasteiger partial charge in [0.2, 0.25) is 5.91 Å². The Morgan fingerprint density at radius 3 is 2.14 bits per heavy atom. The summed E-state index contributed by atoms with van der Waals surface area (Å²) in [4.78, 5) is 37.4. The molecule has 1 N–H and O–H groups in total. The predicted octanol–water partition coefficient (Wildman–Crippen LogP) is 2.10. The zero-order valence-corrected chi connectivity index (χ0v) is 16.2. The second-order valence-corrected chi connectivity index (χ2v) is 5.98. The zero-order valence-electron chi connectivity index (χ0n) is 16.2. The summed E-state index contributed by atoms with van der Waals surface area (Å²) in [6.07, 6.45) is 0. The van der Waals surface area contributed by atoms with Crippen LogP contribution >= 0.6 is 0 Å². The Bertz CT molecular complexity index is 863. The molecular formula is C20H21FN2O6. The minimum Gasteiger partial charge on any atom is -0.497 e. The van der Waals surface area contributed by atoms with E-state index < -0.39 is 30.2 Å². The van der Waals surface area contributed by atoms with Crippen LogP contribution in [-0.4, -0.2) is 57.1 Å². The molecule has 0 unspecified atom stereocenters. The Balaban J connectivity index is 1.86. The summed E-state index contributed by atoms with van der Waals surface area (Å²) < 4.78 is 28.0. The van der Waals surface area contributed by atoms with Gasteiger partial charge in [-0.05, 0) is 36.4 Å². The number of rotatable bonds is 8. The number of esters is 1. The van der Waals surface area contributed by atoms with Crippen molar-refractivity contribution >= 4 is 23.5 Å². The van der Waals surface area contributed by atoms with Crippen molar-refractivity contribution in [1.82, 2.24) is 4.90 Å². The molecule has 0 aliphatic carbocycles. The fourth-order valence-electron chi connectivity index (χ4n) is 2.28. The van der Waals surface area contributed by atoms with E-state index in [1.165, 1.54) is 57.7 Å². The first-order chi connectivity index (χ1) is 13.8. The van der Waals surface area contributed by atoms with Crippen LogP contribution in [0.5, 0.6) is 11.5 Å². The summed E-state index contributed by atoms with van der Waals surface area (Å²) in [6.45, 7) is -0.806. The van der Waals surface area contributed by atoms with Gasteiger partial charge in [-0.2, -0.15) is 0 Å². The van der Waals surface area contributed by atoms with Gasteiger partial charge >= 0.3 is 5.97 Å². The van der Waals surface area contributed by atoms with Crippen LogP contribution in [0, 0.1) is 5.82 Å². The van der Waals surface area contributed by atoms with Crippen molar-refractivity contribution < 1.29 is 33.0 Å². The van der Waals surface area contributed by atoms with Crippen LogP contribution in [-0.2, 0) is 14.3 Å². The lowest BCUT2D eigenvalue weighted by Gasteiger charge is -2.17. The molecule has 0 saturated heterocycles. The van der Waals surface area contributed by atoms with E-state index in [9.17, 15) is 18.8 Å². The molecule has 8 nitrogen and oxygen atoms in total. The first-order valence-electron chi connectivity index (χ1n) is 8.52. The van der Waals surface area contributed by atoms with E-state index in [1.54, 1.807) is 6.07 Å². The van der Waals surface area contributed by atoms with Gasteiger partial charge in [-0.25, -0.2) is 9.18 Å². The van der Waals surface area contributed by atoms with Gasteiger partial charge in [-0.1, -0.05) is 0 Å². The molecule has 0 atom stereocenters. The number of likely N-dealkylation sites (N-methyl/N-ethyl adjacent to an activating group) is 1. The number of ether oxygens (including phenoxy) is 3. The zero-order chi connectivity index (χ0) is 21.4. The summed E-state index contributed by atoms with van der Waals surface area (Å²) >= 11 is 0. The van der Waals surface area contributed by atoms with Gasteiger partial charge in [0.1, 0.15) is 17.3 Å². The van der Waals surface area contributed by atoms with Crippen LogP contribution in [0.2, 0.25) is 0 Å². The monoisotopic (exact) mass is 404 g/mol. The van der Waals surface area contributed by atoms with Gasteiger partial charge in [0, 0.05) is 18.8 Å². The average Bonchev–Trinajstić information content (AvgIpc) is 2.72. The average molecular weight is 404 g/mol. The van der Waals surface area contributed by atoms with Crippen LogP contribution in [0.25, 0.3) is 0 Å². The van der Waals surface area contributed by atoms with Crippen molar-refractivity contribution in [3.63, 3.8) is 0 Å². The largest absolute Gasteiger partial charge is 0.497 e. The minimum atomic E-state index is -0.736. The molecule has 0 bridgehead atoms. The quantitative estimate of drug-likeness (QED) is 0.677. The summed E-state index contributed by atoms with van der Waals surface area (Å²) in [5.74, 6) is -1.40. The standard InChI is InChI=1S/C20H21FN2O6/c1-23(11-18(24)22-15-6-4-14(21)5-7-15)19(25)12-29-20(26)13-8-16(27-2)10-17(9-13)28-3/h4-10H,11-12H2,1-3H3,(H,22,24). The van der Waals surface area contributed by atoms with Crippen molar-refractivity contribution in [2.45, 2.75) is 0 Å². The highest BCUT2D eigenvalue weighted by molar-refractivity contribution is 5.95. The second-order valence-electron chi connectivity index (χ2n) is 5.98. The lowest BCUT2D eigenvalue weighted by Crippen LogP contribution is -2.37. The molecule has 0 spiro atoms. The molecule has 2 aromatic carbocycles. The number of anilines is 1. The number of benzene rings is 2. The third-order valence-electron chi connectivity index (χ3n) is 3.85. The van der Waals surface area contributed by atoms with E-state index in [0.29, 0.717) is 17.2 Å².